The van der Waals surface area contributed by atoms with Crippen molar-refractivity contribution in [1.29, 1.82) is 0 Å². The first-order chi connectivity index (χ1) is 9.77. The minimum atomic E-state index is -0.568. The fourth-order valence-electron chi connectivity index (χ4n) is 2.01. The summed E-state index contributed by atoms with van der Waals surface area (Å²) in [6.07, 6.45) is 1.70. The Morgan fingerprint density at radius 2 is 1.95 bits per heavy atom. The van der Waals surface area contributed by atoms with Gasteiger partial charge in [-0.15, -0.1) is 5.10 Å². The third kappa shape index (κ3) is 3.66. The average Bonchev–Trinajstić information content (AvgIpc) is 2.82. The van der Waals surface area contributed by atoms with Crippen LogP contribution in [0.4, 0.5) is 5.69 Å². The van der Waals surface area contributed by atoms with Crippen molar-refractivity contribution in [1.82, 2.24) is 15.0 Å². The van der Waals surface area contributed by atoms with Crippen molar-refractivity contribution in [3.8, 4) is 0 Å². The quantitative estimate of drug-likeness (QED) is 0.896. The summed E-state index contributed by atoms with van der Waals surface area (Å²) in [5, 5.41) is 10.8. The van der Waals surface area contributed by atoms with E-state index in [0.717, 1.165) is 16.8 Å². The zero-order chi connectivity index (χ0) is 15.6. The van der Waals surface area contributed by atoms with Gasteiger partial charge in [-0.2, -0.15) is 0 Å². The number of aromatic nitrogens is 3. The Labute approximate surface area is 124 Å². The highest BCUT2D eigenvalue weighted by Gasteiger charge is 2.19. The molecule has 0 aliphatic carbocycles. The first-order valence-corrected chi connectivity index (χ1v) is 6.83. The van der Waals surface area contributed by atoms with Gasteiger partial charge in [-0.25, -0.2) is 4.68 Å². The molecule has 2 rings (SSSR count). The number of para-hydroxylation sites is 1. The molecule has 0 aliphatic heterocycles. The van der Waals surface area contributed by atoms with Gasteiger partial charge in [0.2, 0.25) is 5.91 Å². The number of anilines is 1. The molecule has 0 unspecified atom stereocenters. The molecular formula is C15H21N5O. The van der Waals surface area contributed by atoms with Crippen molar-refractivity contribution in [3.05, 3.63) is 41.2 Å². The molecule has 0 saturated carbocycles. The highest BCUT2D eigenvalue weighted by molar-refractivity contribution is 5.92. The van der Waals surface area contributed by atoms with Crippen molar-refractivity contribution in [2.75, 3.05) is 5.32 Å². The molecule has 1 aromatic heterocycles. The zero-order valence-electron chi connectivity index (χ0n) is 12.8. The molecule has 1 heterocycles. The Kier molecular flexibility index (Phi) is 4.09. The summed E-state index contributed by atoms with van der Waals surface area (Å²) in [5.74, 6) is -0.140. The van der Waals surface area contributed by atoms with Crippen LogP contribution in [0.15, 0.2) is 24.4 Å². The van der Waals surface area contributed by atoms with E-state index in [1.54, 1.807) is 6.20 Å². The zero-order valence-corrected chi connectivity index (χ0v) is 12.8. The monoisotopic (exact) mass is 287 g/mol. The molecule has 1 aromatic carbocycles. The van der Waals surface area contributed by atoms with Crippen molar-refractivity contribution in [2.24, 2.45) is 5.73 Å². The Hall–Kier alpha value is -2.21. The predicted octanol–water partition coefficient (Wildman–Crippen LogP) is 1.73. The number of hydrogen-bond acceptors (Lipinski definition) is 4. The number of nitrogens with zero attached hydrogens (tertiary/aromatic N) is 3. The van der Waals surface area contributed by atoms with Gasteiger partial charge in [0, 0.05) is 5.69 Å². The lowest BCUT2D eigenvalue weighted by Gasteiger charge is -2.13. The van der Waals surface area contributed by atoms with Crippen LogP contribution in [0.3, 0.4) is 0 Å². The SMILES string of the molecule is Cc1cccc(C)c1NC(=O)Cn1cc(C(C)(C)N)nn1. The number of nitrogens with one attached hydrogen (secondary N) is 1. The van der Waals surface area contributed by atoms with Crippen molar-refractivity contribution in [3.63, 3.8) is 0 Å². The summed E-state index contributed by atoms with van der Waals surface area (Å²) in [4.78, 5) is 12.1. The number of nitrogens with two attached hydrogens (primary N) is 1. The van der Waals surface area contributed by atoms with Crippen LogP contribution in [0.1, 0.15) is 30.7 Å². The Morgan fingerprint density at radius 3 is 2.48 bits per heavy atom. The normalized spacial score (nSPS) is 11.5. The van der Waals surface area contributed by atoms with E-state index in [4.69, 9.17) is 5.73 Å². The minimum absolute atomic E-state index is 0.108. The summed E-state index contributed by atoms with van der Waals surface area (Å²) in [6, 6.07) is 5.90. The molecule has 112 valence electrons. The van der Waals surface area contributed by atoms with E-state index in [-0.39, 0.29) is 12.5 Å². The van der Waals surface area contributed by atoms with Gasteiger partial charge >= 0.3 is 0 Å². The number of benzene rings is 1. The fourth-order valence-corrected chi connectivity index (χ4v) is 2.01. The molecular weight excluding hydrogens is 266 g/mol. The van der Waals surface area contributed by atoms with Crippen LogP contribution in [0.2, 0.25) is 0 Å². The van der Waals surface area contributed by atoms with Crippen LogP contribution in [-0.4, -0.2) is 20.9 Å². The highest BCUT2D eigenvalue weighted by atomic mass is 16.2. The van der Waals surface area contributed by atoms with Gasteiger partial charge in [-0.1, -0.05) is 23.4 Å². The van der Waals surface area contributed by atoms with Crippen LogP contribution >= 0.6 is 0 Å². The maximum absolute atomic E-state index is 12.1. The van der Waals surface area contributed by atoms with Gasteiger partial charge in [-0.05, 0) is 38.8 Å². The molecule has 0 bridgehead atoms. The fraction of sp³-hybridized carbons (Fsp3) is 0.400. The second-order valence-corrected chi connectivity index (χ2v) is 5.84. The standard InChI is InChI=1S/C15H21N5O/c1-10-6-5-7-11(2)14(10)17-13(21)9-20-8-12(18-19-20)15(3,4)16/h5-8H,9,16H2,1-4H3,(H,17,21). The molecule has 0 saturated heterocycles. The first-order valence-electron chi connectivity index (χ1n) is 6.83. The van der Waals surface area contributed by atoms with Gasteiger partial charge < -0.3 is 11.1 Å². The van der Waals surface area contributed by atoms with Gasteiger partial charge in [0.25, 0.3) is 0 Å². The third-order valence-corrected chi connectivity index (χ3v) is 3.25. The van der Waals surface area contributed by atoms with Crippen molar-refractivity contribution in [2.45, 2.75) is 39.8 Å². The lowest BCUT2D eigenvalue weighted by atomic mass is 10.0. The van der Waals surface area contributed by atoms with Crippen LogP contribution in [0.25, 0.3) is 0 Å². The van der Waals surface area contributed by atoms with Crippen molar-refractivity contribution < 1.29 is 4.79 Å². The molecule has 6 heteroatoms. The summed E-state index contributed by atoms with van der Waals surface area (Å²) in [5.41, 5.74) is 8.95. The Balaban J connectivity index is 2.07. The van der Waals surface area contributed by atoms with Crippen molar-refractivity contribution >= 4 is 11.6 Å². The summed E-state index contributed by atoms with van der Waals surface area (Å²) in [6.45, 7) is 7.73. The largest absolute Gasteiger partial charge is 0.324 e. The predicted molar refractivity (Wildman–Crippen MR) is 81.8 cm³/mol. The second-order valence-electron chi connectivity index (χ2n) is 5.84. The lowest BCUT2D eigenvalue weighted by Crippen LogP contribution is -2.29. The number of rotatable bonds is 4. The number of carbonyl (C=O) groups is 1. The van der Waals surface area contributed by atoms with E-state index in [9.17, 15) is 4.79 Å². The molecule has 0 spiro atoms. The maximum atomic E-state index is 12.1. The number of hydrogen-bond donors (Lipinski definition) is 2. The molecule has 6 nitrogen and oxygen atoms in total. The topological polar surface area (TPSA) is 85.8 Å². The van der Waals surface area contributed by atoms with E-state index in [1.807, 2.05) is 45.9 Å². The maximum Gasteiger partial charge on any atom is 0.246 e. The summed E-state index contributed by atoms with van der Waals surface area (Å²) >= 11 is 0. The molecule has 0 aliphatic rings. The van der Waals surface area contributed by atoms with E-state index < -0.39 is 5.54 Å². The van der Waals surface area contributed by atoms with Crippen LogP contribution in [-0.2, 0) is 16.9 Å². The number of aryl methyl sites for hydroxylation is 2. The van der Waals surface area contributed by atoms with Gasteiger partial charge in [0.05, 0.1) is 11.7 Å². The molecule has 0 radical (unpaired) electrons. The molecule has 2 aromatic rings. The van der Waals surface area contributed by atoms with E-state index in [2.05, 4.69) is 15.6 Å². The van der Waals surface area contributed by atoms with E-state index in [1.165, 1.54) is 4.68 Å². The Morgan fingerprint density at radius 1 is 1.33 bits per heavy atom. The van der Waals surface area contributed by atoms with Gasteiger partial charge in [0.15, 0.2) is 0 Å². The lowest BCUT2D eigenvalue weighted by molar-refractivity contribution is -0.116. The molecule has 0 fully saturated rings. The Bertz CT molecular complexity index is 634. The third-order valence-electron chi connectivity index (χ3n) is 3.25. The summed E-state index contributed by atoms with van der Waals surface area (Å²) < 4.78 is 1.49. The van der Waals surface area contributed by atoms with Crippen LogP contribution in [0, 0.1) is 13.8 Å². The first kappa shape index (κ1) is 15.2. The highest BCUT2D eigenvalue weighted by Crippen LogP contribution is 2.19. The molecule has 21 heavy (non-hydrogen) atoms. The second kappa shape index (κ2) is 5.65. The number of amides is 1. The minimum Gasteiger partial charge on any atom is -0.324 e. The molecule has 3 N–H and O–H groups in total. The smallest absolute Gasteiger partial charge is 0.246 e. The number of carbonyl (C=O) groups excluding carboxylic acids is 1. The van der Waals surface area contributed by atoms with Gasteiger partial charge in [-0.3, -0.25) is 4.79 Å². The van der Waals surface area contributed by atoms with Crippen LogP contribution < -0.4 is 11.1 Å². The molecule has 1 amide bonds. The van der Waals surface area contributed by atoms with Gasteiger partial charge in [0.1, 0.15) is 12.2 Å². The van der Waals surface area contributed by atoms with Crippen LogP contribution in [0.5, 0.6) is 0 Å². The molecule has 0 atom stereocenters. The summed E-state index contributed by atoms with van der Waals surface area (Å²) in [7, 11) is 0. The van der Waals surface area contributed by atoms with E-state index >= 15 is 0 Å². The average molecular weight is 287 g/mol. The van der Waals surface area contributed by atoms with E-state index in [0.29, 0.717) is 5.69 Å².